The molecular weight excluding hydrogens is 484 g/mol. The van der Waals surface area contributed by atoms with Crippen molar-refractivity contribution in [3.05, 3.63) is 75.8 Å². The highest BCUT2D eigenvalue weighted by Gasteiger charge is 2.20. The minimum absolute atomic E-state index is 0.0874. The predicted octanol–water partition coefficient (Wildman–Crippen LogP) is 5.30. The fourth-order valence-corrected chi connectivity index (χ4v) is 4.95. The van der Waals surface area contributed by atoms with Gasteiger partial charge in [0.25, 0.3) is 5.56 Å². The van der Waals surface area contributed by atoms with Crippen LogP contribution in [-0.4, -0.2) is 47.1 Å². The number of aromatic amines is 1. The molecule has 9 heteroatoms. The minimum Gasteiger partial charge on any atom is -0.383 e. The normalized spacial score (nSPS) is 14.7. The number of halogens is 3. The Kier molecular flexibility index (Phi) is 6.40. The predicted molar refractivity (Wildman–Crippen MR) is 141 cm³/mol. The zero-order valence-corrected chi connectivity index (χ0v) is 20.7. The molecule has 186 valence electrons. The fourth-order valence-electron chi connectivity index (χ4n) is 4.75. The van der Waals surface area contributed by atoms with Gasteiger partial charge in [-0.05, 0) is 55.3 Å². The summed E-state index contributed by atoms with van der Waals surface area (Å²) in [5.74, 6) is -1.56. The second kappa shape index (κ2) is 9.52. The Hall–Kier alpha value is -3.49. The second-order valence-corrected chi connectivity index (χ2v) is 9.68. The van der Waals surface area contributed by atoms with Crippen molar-refractivity contribution in [1.29, 1.82) is 0 Å². The number of nitrogen functional groups attached to an aromatic ring is 1. The van der Waals surface area contributed by atoms with Crippen molar-refractivity contribution < 1.29 is 8.78 Å². The van der Waals surface area contributed by atoms with Crippen molar-refractivity contribution in [1.82, 2.24) is 14.9 Å². The molecule has 0 radical (unpaired) electrons. The Labute approximate surface area is 212 Å². The minimum atomic E-state index is -0.751. The summed E-state index contributed by atoms with van der Waals surface area (Å²) in [6.07, 6.45) is 1.30. The lowest BCUT2D eigenvalue weighted by Gasteiger charge is -2.38. The van der Waals surface area contributed by atoms with Gasteiger partial charge in [0.05, 0.1) is 10.4 Å². The molecule has 1 saturated heterocycles. The Morgan fingerprint density at radius 1 is 1.00 bits per heavy atom. The summed E-state index contributed by atoms with van der Waals surface area (Å²) >= 11 is 6.20. The number of fused-ring (bicyclic) bond motifs is 1. The number of nitrogens with two attached hydrogens (primary N) is 1. The standard InChI is InChI=1S/C27H26ClF2N5O/c1-15(2)34-7-9-35(10-8-34)18-5-3-16(4-6-18)19-13-20(26(31)33-25(19)30)17-11-21-22(28)14-32-27(36)24(21)23(29)12-17/h3-6,11-15H,7-10H2,1-2H3,(H2,31,33)(H,32,36). The number of nitrogens with one attached hydrogen (secondary N) is 1. The zero-order valence-electron chi connectivity index (χ0n) is 20.0. The molecule has 6 nitrogen and oxygen atoms in total. The van der Waals surface area contributed by atoms with Crippen molar-refractivity contribution >= 4 is 33.9 Å². The highest BCUT2D eigenvalue weighted by atomic mass is 35.5. The van der Waals surface area contributed by atoms with Crippen LogP contribution in [0.5, 0.6) is 0 Å². The highest BCUT2D eigenvalue weighted by Crippen LogP contribution is 2.35. The number of anilines is 2. The van der Waals surface area contributed by atoms with E-state index in [1.807, 2.05) is 24.3 Å². The Morgan fingerprint density at radius 3 is 2.36 bits per heavy atom. The second-order valence-electron chi connectivity index (χ2n) is 9.27. The molecule has 0 saturated carbocycles. The van der Waals surface area contributed by atoms with Crippen molar-refractivity contribution in [3.8, 4) is 22.3 Å². The maximum atomic E-state index is 14.9. The topological polar surface area (TPSA) is 78.2 Å². The first-order valence-electron chi connectivity index (χ1n) is 11.8. The molecular formula is C27H26ClF2N5O. The zero-order chi connectivity index (χ0) is 25.6. The molecule has 0 spiro atoms. The molecule has 1 aliphatic rings. The smallest absolute Gasteiger partial charge is 0.258 e. The Bertz CT molecular complexity index is 1500. The van der Waals surface area contributed by atoms with E-state index in [4.69, 9.17) is 17.3 Å². The molecule has 4 aromatic rings. The van der Waals surface area contributed by atoms with Gasteiger partial charge >= 0.3 is 0 Å². The van der Waals surface area contributed by atoms with Gasteiger partial charge in [-0.15, -0.1) is 0 Å². The van der Waals surface area contributed by atoms with E-state index >= 15 is 0 Å². The van der Waals surface area contributed by atoms with Gasteiger partial charge in [0.1, 0.15) is 11.6 Å². The number of piperazine rings is 1. The van der Waals surface area contributed by atoms with Crippen LogP contribution in [0.25, 0.3) is 33.0 Å². The molecule has 36 heavy (non-hydrogen) atoms. The highest BCUT2D eigenvalue weighted by molar-refractivity contribution is 6.35. The molecule has 0 amide bonds. The number of rotatable bonds is 4. The first-order valence-corrected chi connectivity index (χ1v) is 12.2. The third kappa shape index (κ3) is 4.42. The van der Waals surface area contributed by atoms with Crippen LogP contribution in [0.3, 0.4) is 0 Å². The van der Waals surface area contributed by atoms with Crippen molar-refractivity contribution in [2.24, 2.45) is 0 Å². The van der Waals surface area contributed by atoms with E-state index in [0.717, 1.165) is 31.9 Å². The average Bonchev–Trinajstić information content (AvgIpc) is 2.86. The van der Waals surface area contributed by atoms with Crippen LogP contribution in [0.1, 0.15) is 13.8 Å². The summed E-state index contributed by atoms with van der Waals surface area (Å²) in [5, 5.41) is 0.275. The monoisotopic (exact) mass is 509 g/mol. The molecule has 1 aliphatic heterocycles. The van der Waals surface area contributed by atoms with E-state index < -0.39 is 17.3 Å². The third-order valence-electron chi connectivity index (χ3n) is 6.81. The Balaban J connectivity index is 1.49. The van der Waals surface area contributed by atoms with Gasteiger partial charge < -0.3 is 15.6 Å². The van der Waals surface area contributed by atoms with Gasteiger partial charge in [-0.1, -0.05) is 23.7 Å². The van der Waals surface area contributed by atoms with E-state index in [9.17, 15) is 13.6 Å². The quantitative estimate of drug-likeness (QED) is 0.365. The van der Waals surface area contributed by atoms with Gasteiger partial charge in [-0.25, -0.2) is 9.37 Å². The molecule has 0 bridgehead atoms. The number of hydrogen-bond donors (Lipinski definition) is 2. The molecule has 0 aliphatic carbocycles. The number of pyridine rings is 2. The van der Waals surface area contributed by atoms with E-state index in [-0.39, 0.29) is 27.2 Å². The summed E-state index contributed by atoms with van der Waals surface area (Å²) in [7, 11) is 0. The lowest BCUT2D eigenvalue weighted by molar-refractivity contribution is 0.209. The van der Waals surface area contributed by atoms with Crippen LogP contribution in [0.4, 0.5) is 20.3 Å². The molecule has 5 rings (SSSR count). The number of nitrogens with zero attached hydrogens (tertiary/aromatic N) is 3. The average molecular weight is 510 g/mol. The van der Waals surface area contributed by atoms with Gasteiger partial charge in [-0.3, -0.25) is 9.69 Å². The molecule has 3 heterocycles. The van der Waals surface area contributed by atoms with Crippen LogP contribution < -0.4 is 16.2 Å². The van der Waals surface area contributed by atoms with Gasteiger partial charge in [0.15, 0.2) is 0 Å². The van der Waals surface area contributed by atoms with Gasteiger partial charge in [0, 0.05) is 60.6 Å². The number of H-pyrrole nitrogens is 1. The number of hydrogen-bond acceptors (Lipinski definition) is 5. The van der Waals surface area contributed by atoms with Crippen LogP contribution in [-0.2, 0) is 0 Å². The Morgan fingerprint density at radius 2 is 1.69 bits per heavy atom. The molecule has 2 aromatic carbocycles. The van der Waals surface area contributed by atoms with Crippen molar-refractivity contribution in [3.63, 3.8) is 0 Å². The third-order valence-corrected chi connectivity index (χ3v) is 7.12. The number of benzene rings is 2. The maximum Gasteiger partial charge on any atom is 0.258 e. The van der Waals surface area contributed by atoms with Gasteiger partial charge in [-0.2, -0.15) is 4.39 Å². The summed E-state index contributed by atoms with van der Waals surface area (Å²) in [4.78, 5) is 23.1. The van der Waals surface area contributed by atoms with Crippen LogP contribution >= 0.6 is 11.6 Å². The van der Waals surface area contributed by atoms with Gasteiger partial charge in [0.2, 0.25) is 5.95 Å². The molecule has 3 N–H and O–H groups in total. The van der Waals surface area contributed by atoms with Crippen LogP contribution in [0.2, 0.25) is 5.02 Å². The number of aromatic nitrogens is 2. The largest absolute Gasteiger partial charge is 0.383 e. The summed E-state index contributed by atoms with van der Waals surface area (Å²) in [6.45, 7) is 8.26. The van der Waals surface area contributed by atoms with Crippen molar-refractivity contribution in [2.75, 3.05) is 36.8 Å². The lowest BCUT2D eigenvalue weighted by atomic mass is 9.98. The van der Waals surface area contributed by atoms with E-state index in [1.54, 1.807) is 12.1 Å². The molecule has 0 unspecified atom stereocenters. The van der Waals surface area contributed by atoms with E-state index in [1.165, 1.54) is 12.3 Å². The van der Waals surface area contributed by atoms with Crippen molar-refractivity contribution in [2.45, 2.75) is 19.9 Å². The summed E-state index contributed by atoms with van der Waals surface area (Å²) in [6, 6.07) is 12.5. The molecule has 2 aromatic heterocycles. The summed E-state index contributed by atoms with van der Waals surface area (Å²) < 4.78 is 29.8. The van der Waals surface area contributed by atoms with E-state index in [2.05, 4.69) is 33.6 Å². The van der Waals surface area contributed by atoms with Crippen LogP contribution in [0, 0.1) is 11.8 Å². The molecule has 1 fully saturated rings. The molecule has 0 atom stereocenters. The lowest BCUT2D eigenvalue weighted by Crippen LogP contribution is -2.48. The SMILES string of the molecule is CC(C)N1CCN(c2ccc(-c3cc(-c4cc(F)c5c(=O)[nH]cc(Cl)c5c4)c(N)nc3F)cc2)CC1. The first-order chi connectivity index (χ1) is 17.2. The first kappa shape index (κ1) is 24.2. The maximum absolute atomic E-state index is 14.9. The van der Waals surface area contributed by atoms with Crippen LogP contribution in [0.15, 0.2) is 53.5 Å². The fraction of sp³-hybridized carbons (Fsp3) is 0.259. The summed E-state index contributed by atoms with van der Waals surface area (Å²) in [5.41, 5.74) is 8.08. The van der Waals surface area contributed by atoms with E-state index in [0.29, 0.717) is 22.7 Å².